The Kier molecular flexibility index (Phi) is 4.51. The second-order valence-corrected chi connectivity index (χ2v) is 2.80. The first-order valence-electron chi connectivity index (χ1n) is 4.39. The highest BCUT2D eigenvalue weighted by atomic mass is 13.9. The van der Waals surface area contributed by atoms with Gasteiger partial charge in [-0.15, -0.1) is 0 Å². The van der Waals surface area contributed by atoms with Crippen LogP contribution in [0.3, 0.4) is 0 Å². The third-order valence-corrected chi connectivity index (χ3v) is 1.78. The normalized spacial score (nSPS) is 19.6. The van der Waals surface area contributed by atoms with Crippen LogP contribution in [0.1, 0.15) is 32.1 Å². The summed E-state index contributed by atoms with van der Waals surface area (Å²) in [5, 5.41) is 0. The number of allylic oxidation sites excluding steroid dienone is 6. The molecule has 59 valence electrons. The van der Waals surface area contributed by atoms with E-state index in [1.807, 2.05) is 12.2 Å². The molecular formula is C11H15. The van der Waals surface area contributed by atoms with Gasteiger partial charge < -0.3 is 0 Å². The molecular weight excluding hydrogens is 132 g/mol. The summed E-state index contributed by atoms with van der Waals surface area (Å²) in [6.07, 6.45) is 20.0. The van der Waals surface area contributed by atoms with Crippen molar-refractivity contribution in [2.75, 3.05) is 0 Å². The molecule has 0 bridgehead atoms. The molecule has 0 N–H and O–H groups in total. The minimum atomic E-state index is 1.21. The zero-order valence-electron chi connectivity index (χ0n) is 6.92. The van der Waals surface area contributed by atoms with Crippen molar-refractivity contribution >= 4 is 0 Å². The lowest BCUT2D eigenvalue weighted by atomic mass is 10.1. The van der Waals surface area contributed by atoms with Crippen LogP contribution >= 0.6 is 0 Å². The Hall–Kier alpha value is -0.780. The van der Waals surface area contributed by atoms with Crippen LogP contribution in [0.25, 0.3) is 0 Å². The Morgan fingerprint density at radius 3 is 2.64 bits per heavy atom. The maximum absolute atomic E-state index is 3.09. The highest BCUT2D eigenvalue weighted by Gasteiger charge is 1.85. The molecule has 1 aliphatic carbocycles. The molecule has 0 aliphatic heterocycles. The first-order chi connectivity index (χ1) is 5.50. The molecule has 0 heterocycles. The van der Waals surface area contributed by atoms with Gasteiger partial charge in [-0.25, -0.2) is 0 Å². The van der Waals surface area contributed by atoms with Gasteiger partial charge in [0.1, 0.15) is 0 Å². The summed E-state index contributed by atoms with van der Waals surface area (Å²) in [5.41, 5.74) is 0. The quantitative estimate of drug-likeness (QED) is 0.492. The summed E-state index contributed by atoms with van der Waals surface area (Å²) in [6.45, 7) is 0. The van der Waals surface area contributed by atoms with Crippen LogP contribution in [-0.4, -0.2) is 0 Å². The van der Waals surface area contributed by atoms with Crippen LogP contribution in [-0.2, 0) is 0 Å². The van der Waals surface area contributed by atoms with Crippen molar-refractivity contribution in [3.8, 4) is 0 Å². The fraction of sp³-hybridized carbons (Fsp3) is 0.455. The van der Waals surface area contributed by atoms with Crippen LogP contribution in [0.5, 0.6) is 0 Å². The second-order valence-electron chi connectivity index (χ2n) is 2.80. The van der Waals surface area contributed by atoms with Crippen molar-refractivity contribution in [2.45, 2.75) is 32.1 Å². The topological polar surface area (TPSA) is 0 Å². The first-order valence-corrected chi connectivity index (χ1v) is 4.39. The lowest BCUT2D eigenvalue weighted by molar-refractivity contribution is 0.696. The zero-order chi connectivity index (χ0) is 7.78. The molecule has 1 aliphatic rings. The van der Waals surface area contributed by atoms with Gasteiger partial charge in [-0.1, -0.05) is 36.8 Å². The standard InChI is InChI=1S/C11H15/c1-2-4-6-8-10-11-9-7-5-3-1/h1-3,7,9H,4,6,8,10-11H2. The zero-order valence-corrected chi connectivity index (χ0v) is 6.92. The van der Waals surface area contributed by atoms with Gasteiger partial charge in [-0.3, -0.25) is 0 Å². The minimum absolute atomic E-state index is 1.21. The molecule has 1 radical (unpaired) electrons. The molecule has 0 fully saturated rings. The highest BCUT2D eigenvalue weighted by molar-refractivity contribution is 5.05. The first kappa shape index (κ1) is 8.32. The molecule has 0 nitrogen and oxygen atoms in total. The van der Waals surface area contributed by atoms with Crippen LogP contribution < -0.4 is 0 Å². The Balaban J connectivity index is 2.36. The summed E-state index contributed by atoms with van der Waals surface area (Å²) in [7, 11) is 0. The average Bonchev–Trinajstić information content (AvgIpc) is 2.08. The van der Waals surface area contributed by atoms with E-state index < -0.39 is 0 Å². The predicted molar refractivity (Wildman–Crippen MR) is 49.2 cm³/mol. The Morgan fingerprint density at radius 2 is 1.73 bits per heavy atom. The molecule has 0 aromatic heterocycles. The molecule has 0 saturated heterocycles. The van der Waals surface area contributed by atoms with Gasteiger partial charge in [-0.2, -0.15) is 0 Å². The number of hydrogen-bond donors (Lipinski definition) is 0. The molecule has 0 heteroatoms. The molecule has 0 spiro atoms. The second kappa shape index (κ2) is 5.96. The summed E-state index contributed by atoms with van der Waals surface area (Å²) in [4.78, 5) is 0. The Morgan fingerprint density at radius 1 is 0.909 bits per heavy atom. The molecule has 0 unspecified atom stereocenters. The predicted octanol–water partition coefficient (Wildman–Crippen LogP) is 3.42. The minimum Gasteiger partial charge on any atom is -0.0845 e. The lowest BCUT2D eigenvalue weighted by Crippen LogP contribution is -1.73. The van der Waals surface area contributed by atoms with E-state index in [1.165, 1.54) is 32.1 Å². The average molecular weight is 147 g/mol. The monoisotopic (exact) mass is 147 g/mol. The van der Waals surface area contributed by atoms with E-state index in [0.29, 0.717) is 0 Å². The smallest absolute Gasteiger partial charge is 0.0187 e. The van der Waals surface area contributed by atoms with E-state index in [1.54, 1.807) is 0 Å². The van der Waals surface area contributed by atoms with E-state index in [4.69, 9.17) is 0 Å². The SMILES string of the molecule is [C]1=CC=CCCCCCC=C1. The maximum Gasteiger partial charge on any atom is -0.0187 e. The van der Waals surface area contributed by atoms with Crippen molar-refractivity contribution in [3.05, 3.63) is 36.5 Å². The fourth-order valence-electron chi connectivity index (χ4n) is 1.13. The molecule has 0 aromatic rings. The van der Waals surface area contributed by atoms with Crippen LogP contribution in [0.2, 0.25) is 0 Å². The van der Waals surface area contributed by atoms with Gasteiger partial charge in [-0.05, 0) is 31.8 Å². The van der Waals surface area contributed by atoms with E-state index in [2.05, 4.69) is 24.3 Å². The maximum atomic E-state index is 3.09. The van der Waals surface area contributed by atoms with Crippen molar-refractivity contribution in [3.63, 3.8) is 0 Å². The molecule has 0 saturated carbocycles. The Bertz CT molecular complexity index is 143. The van der Waals surface area contributed by atoms with Crippen molar-refractivity contribution in [2.24, 2.45) is 0 Å². The molecule has 0 amide bonds. The van der Waals surface area contributed by atoms with Crippen LogP contribution in [0, 0.1) is 6.08 Å². The molecule has 11 heavy (non-hydrogen) atoms. The summed E-state index contributed by atoms with van der Waals surface area (Å²) in [5.74, 6) is 0. The molecule has 1 rings (SSSR count). The van der Waals surface area contributed by atoms with Gasteiger partial charge in [0.25, 0.3) is 0 Å². The third-order valence-electron chi connectivity index (χ3n) is 1.78. The molecule has 0 aromatic carbocycles. The van der Waals surface area contributed by atoms with Gasteiger partial charge in [0.15, 0.2) is 0 Å². The van der Waals surface area contributed by atoms with Crippen molar-refractivity contribution in [1.82, 2.24) is 0 Å². The van der Waals surface area contributed by atoms with Gasteiger partial charge in [0.2, 0.25) is 0 Å². The van der Waals surface area contributed by atoms with Crippen LogP contribution in [0.15, 0.2) is 30.4 Å². The van der Waals surface area contributed by atoms with E-state index in [0.717, 1.165) is 0 Å². The summed E-state index contributed by atoms with van der Waals surface area (Å²) in [6, 6.07) is 0. The Labute approximate surface area is 69.3 Å². The largest absolute Gasteiger partial charge is 0.0845 e. The van der Waals surface area contributed by atoms with Gasteiger partial charge in [0, 0.05) is 0 Å². The number of rotatable bonds is 0. The van der Waals surface area contributed by atoms with Crippen molar-refractivity contribution in [1.29, 1.82) is 0 Å². The van der Waals surface area contributed by atoms with E-state index in [-0.39, 0.29) is 0 Å². The van der Waals surface area contributed by atoms with E-state index in [9.17, 15) is 0 Å². The van der Waals surface area contributed by atoms with E-state index >= 15 is 0 Å². The van der Waals surface area contributed by atoms with Gasteiger partial charge in [0.05, 0.1) is 0 Å². The summed E-state index contributed by atoms with van der Waals surface area (Å²) >= 11 is 0. The fourth-order valence-corrected chi connectivity index (χ4v) is 1.13. The van der Waals surface area contributed by atoms with Crippen LogP contribution in [0.4, 0.5) is 0 Å². The number of hydrogen-bond acceptors (Lipinski definition) is 0. The third kappa shape index (κ3) is 4.60. The summed E-state index contributed by atoms with van der Waals surface area (Å²) < 4.78 is 0. The van der Waals surface area contributed by atoms with Crippen molar-refractivity contribution < 1.29 is 0 Å². The molecule has 0 atom stereocenters. The lowest BCUT2D eigenvalue weighted by Gasteiger charge is -1.93. The van der Waals surface area contributed by atoms with Gasteiger partial charge >= 0.3 is 0 Å². The highest BCUT2D eigenvalue weighted by Crippen LogP contribution is 2.05.